The Morgan fingerprint density at radius 3 is 2.22 bits per heavy atom. The van der Waals surface area contributed by atoms with Crippen LogP contribution in [0.4, 0.5) is 11.4 Å². The van der Waals surface area contributed by atoms with Crippen LogP contribution in [-0.2, 0) is 24.4 Å². The molecule has 2 amide bonds. The van der Waals surface area contributed by atoms with E-state index in [1.165, 1.54) is 17.8 Å². The van der Waals surface area contributed by atoms with E-state index in [4.69, 9.17) is 9.84 Å². The molecule has 0 saturated heterocycles. The molecule has 0 spiro atoms. The molecule has 14 heteroatoms. The van der Waals surface area contributed by atoms with E-state index in [1.807, 2.05) is 36.6 Å². The minimum absolute atomic E-state index is 0.0379. The normalized spacial score (nSPS) is 15.9. The number of nitrogens with one attached hydrogen (secondary N) is 3. The van der Waals surface area contributed by atoms with E-state index in [2.05, 4.69) is 34.1 Å². The lowest BCUT2D eigenvalue weighted by Gasteiger charge is -2.37. The van der Waals surface area contributed by atoms with E-state index in [-0.39, 0.29) is 17.2 Å². The number of carbonyl (C=O) groups excluding carboxylic acids is 2. The van der Waals surface area contributed by atoms with Crippen molar-refractivity contribution in [2.24, 2.45) is 0 Å². The maximum atomic E-state index is 14.3. The van der Waals surface area contributed by atoms with E-state index in [1.54, 1.807) is 36.4 Å². The van der Waals surface area contributed by atoms with Crippen molar-refractivity contribution in [2.45, 2.75) is 86.3 Å². The van der Waals surface area contributed by atoms with Crippen LogP contribution in [0.25, 0.3) is 0 Å². The molecular formula is C37H48N4O8S2. The zero-order valence-corrected chi connectivity index (χ0v) is 30.9. The second-order valence-corrected chi connectivity index (χ2v) is 15.2. The highest BCUT2D eigenvalue weighted by Crippen LogP contribution is 2.44. The van der Waals surface area contributed by atoms with Gasteiger partial charge in [-0.3, -0.25) is 14.4 Å². The predicted octanol–water partition coefficient (Wildman–Crippen LogP) is 5.15. The van der Waals surface area contributed by atoms with Gasteiger partial charge in [0.2, 0.25) is 15.9 Å². The summed E-state index contributed by atoms with van der Waals surface area (Å²) in [7, 11) is -4.05. The highest BCUT2D eigenvalue weighted by molar-refractivity contribution is 7.98. The van der Waals surface area contributed by atoms with Gasteiger partial charge in [0.05, 0.1) is 28.6 Å². The third-order valence-corrected chi connectivity index (χ3v) is 11.1. The molecule has 4 rings (SSSR count). The Balaban J connectivity index is 1.64. The van der Waals surface area contributed by atoms with Crippen LogP contribution in [0.2, 0.25) is 0 Å². The maximum Gasteiger partial charge on any atom is 0.306 e. The number of carboxylic acids is 1. The van der Waals surface area contributed by atoms with E-state index < -0.39 is 58.5 Å². The minimum atomic E-state index is -4.05. The van der Waals surface area contributed by atoms with Crippen LogP contribution < -0.4 is 25.0 Å². The van der Waals surface area contributed by atoms with E-state index in [0.717, 1.165) is 31.4 Å². The van der Waals surface area contributed by atoms with Crippen LogP contribution >= 0.6 is 11.8 Å². The van der Waals surface area contributed by atoms with Crippen molar-refractivity contribution in [2.75, 3.05) is 30.9 Å². The molecule has 0 aliphatic carbocycles. The molecular weight excluding hydrogens is 693 g/mol. The van der Waals surface area contributed by atoms with Gasteiger partial charge in [-0.25, -0.2) is 13.1 Å². The van der Waals surface area contributed by atoms with Crippen molar-refractivity contribution < 1.29 is 37.8 Å². The molecule has 12 nitrogen and oxygen atoms in total. The number of carbonyl (C=O) groups is 3. The smallest absolute Gasteiger partial charge is 0.306 e. The summed E-state index contributed by atoms with van der Waals surface area (Å²) in [5.74, 6) is -2.33. The number of hydrogen-bond donors (Lipinski definition) is 5. The highest BCUT2D eigenvalue weighted by Gasteiger charge is 2.42. The number of nitrogens with zero attached hydrogens (tertiary/aromatic N) is 1. The van der Waals surface area contributed by atoms with Crippen LogP contribution in [0.3, 0.4) is 0 Å². The van der Waals surface area contributed by atoms with E-state index >= 15 is 0 Å². The maximum absolute atomic E-state index is 14.3. The summed E-state index contributed by atoms with van der Waals surface area (Å²) >= 11 is 1.35. The van der Waals surface area contributed by atoms with Crippen LogP contribution in [-0.4, -0.2) is 74.0 Å². The fraction of sp³-hybridized carbons (Fsp3) is 0.432. The Kier molecular flexibility index (Phi) is 14.3. The van der Waals surface area contributed by atoms with Gasteiger partial charge in [-0.2, -0.15) is 0 Å². The molecule has 0 aromatic heterocycles. The summed E-state index contributed by atoms with van der Waals surface area (Å²) in [4.78, 5) is 40.1. The lowest BCUT2D eigenvalue weighted by Crippen LogP contribution is -2.53. The number of carboxylic acid groups (broad SMARTS) is 1. The second kappa shape index (κ2) is 18.4. The first-order valence-electron chi connectivity index (χ1n) is 17.1. The Bertz CT molecular complexity index is 1730. The predicted molar refractivity (Wildman–Crippen MR) is 198 cm³/mol. The van der Waals surface area contributed by atoms with Crippen molar-refractivity contribution in [3.8, 4) is 5.75 Å². The van der Waals surface area contributed by atoms with Crippen LogP contribution in [0.5, 0.6) is 5.75 Å². The van der Waals surface area contributed by atoms with Gasteiger partial charge in [0.1, 0.15) is 16.7 Å². The molecule has 1 aliphatic heterocycles. The summed E-state index contributed by atoms with van der Waals surface area (Å²) in [5.41, 5.74) is 1.11. The topological polar surface area (TPSA) is 174 Å². The summed E-state index contributed by atoms with van der Waals surface area (Å²) in [5, 5.41) is 24.0. The Morgan fingerprint density at radius 2 is 1.63 bits per heavy atom. The molecule has 276 valence electrons. The number of hydrogen-bond acceptors (Lipinski definition) is 9. The Labute approximate surface area is 304 Å². The third-order valence-electron chi connectivity index (χ3n) is 8.70. The molecule has 1 aliphatic rings. The first kappa shape index (κ1) is 39.7. The quantitative estimate of drug-likeness (QED) is 0.110. The number of aliphatic hydroxyl groups excluding tert-OH is 1. The lowest BCUT2D eigenvalue weighted by atomic mass is 9.87. The van der Waals surface area contributed by atoms with E-state index in [0.29, 0.717) is 35.5 Å². The number of rotatable bonds is 18. The molecule has 5 N–H and O–H groups in total. The van der Waals surface area contributed by atoms with Crippen molar-refractivity contribution >= 4 is 50.9 Å². The average molecular weight is 741 g/mol. The first-order chi connectivity index (χ1) is 24.4. The fourth-order valence-corrected chi connectivity index (χ4v) is 8.33. The summed E-state index contributed by atoms with van der Waals surface area (Å²) < 4.78 is 37.6. The monoisotopic (exact) mass is 740 g/mol. The number of aliphatic carboxylic acids is 1. The molecule has 0 fully saturated rings. The standard InChI is InChI=1S/C37H48N4O8S2/c1-4-6-18-37(19-7-5-2)25-41(27-16-12-9-13-17-27)29-21-31(50-3)30(22-32(29)51(47,48)40-37)49-24-33(43)39-35(26-14-10-8-11-15-26)36(46)38-23-28(42)20-34(44)45/h8-17,21-22,28,35,40,42H,4-7,18-20,23-25H2,1-3H3,(H,38,46)(H,39,43)(H,44,45)/t28-,35+/m0/s1. The van der Waals surface area contributed by atoms with Crippen LogP contribution in [0, 0.1) is 0 Å². The zero-order chi connectivity index (χ0) is 37.0. The van der Waals surface area contributed by atoms with E-state index in [9.17, 15) is 27.9 Å². The van der Waals surface area contributed by atoms with Gasteiger partial charge in [-0.05, 0) is 42.9 Å². The minimum Gasteiger partial charge on any atom is -0.483 e. The second-order valence-electron chi connectivity index (χ2n) is 12.7. The molecule has 0 unspecified atom stereocenters. The number of para-hydroxylation sites is 1. The van der Waals surface area contributed by atoms with Crippen molar-refractivity contribution in [1.29, 1.82) is 0 Å². The molecule has 0 saturated carbocycles. The molecule has 51 heavy (non-hydrogen) atoms. The van der Waals surface area contributed by atoms with Gasteiger partial charge in [0.25, 0.3) is 5.91 Å². The number of aliphatic hydroxyl groups is 1. The molecule has 1 heterocycles. The first-order valence-corrected chi connectivity index (χ1v) is 19.9. The van der Waals surface area contributed by atoms with Crippen LogP contribution in [0.1, 0.15) is 70.4 Å². The fourth-order valence-electron chi connectivity index (χ4n) is 6.13. The zero-order valence-electron chi connectivity index (χ0n) is 29.3. The highest BCUT2D eigenvalue weighted by atomic mass is 32.2. The number of anilines is 2. The number of benzene rings is 3. The third kappa shape index (κ3) is 10.7. The number of sulfonamides is 1. The molecule has 0 bridgehead atoms. The molecule has 0 radical (unpaired) electrons. The number of amides is 2. The largest absolute Gasteiger partial charge is 0.483 e. The van der Waals surface area contributed by atoms with Gasteiger partial charge < -0.3 is 30.5 Å². The lowest BCUT2D eigenvalue weighted by molar-refractivity contribution is -0.139. The number of thioether (sulfide) groups is 1. The van der Waals surface area contributed by atoms with Gasteiger partial charge >= 0.3 is 5.97 Å². The molecule has 3 aromatic carbocycles. The number of ether oxygens (including phenoxy) is 1. The van der Waals surface area contributed by atoms with Crippen molar-refractivity contribution in [3.63, 3.8) is 0 Å². The van der Waals surface area contributed by atoms with Gasteiger partial charge in [0, 0.05) is 24.8 Å². The summed E-state index contributed by atoms with van der Waals surface area (Å²) in [6.45, 7) is 3.77. The van der Waals surface area contributed by atoms with Gasteiger partial charge in [-0.15, -0.1) is 11.8 Å². The summed E-state index contributed by atoms with van der Waals surface area (Å²) in [6.07, 6.45) is 4.88. The number of fused-ring (bicyclic) bond motifs is 1. The van der Waals surface area contributed by atoms with Gasteiger partial charge in [0.15, 0.2) is 6.61 Å². The average Bonchev–Trinajstić information content (AvgIpc) is 3.21. The van der Waals surface area contributed by atoms with Crippen molar-refractivity contribution in [1.82, 2.24) is 15.4 Å². The molecule has 2 atom stereocenters. The Hall–Kier alpha value is -4.11. The van der Waals surface area contributed by atoms with Crippen molar-refractivity contribution in [3.05, 3.63) is 78.4 Å². The number of unbranched alkanes of at least 4 members (excludes halogenated alkanes) is 2. The molecule has 3 aromatic rings. The summed E-state index contributed by atoms with van der Waals surface area (Å²) in [6, 6.07) is 20.2. The Morgan fingerprint density at radius 1 is 1.00 bits per heavy atom. The SMILES string of the molecule is CCCCC1(CCCC)CN(c2ccccc2)c2cc(SC)c(OCC(=O)N[C@@H](C(=O)NC[C@@H](O)CC(=O)O)c3ccccc3)cc2S(=O)(=O)N1. The van der Waals surface area contributed by atoms with Gasteiger partial charge in [-0.1, -0.05) is 88.1 Å². The van der Waals surface area contributed by atoms with Crippen LogP contribution in [0.15, 0.2) is 82.6 Å².